The smallest absolute Gasteiger partial charge is 0.0637 e. The fourth-order valence-corrected chi connectivity index (χ4v) is 11.8. The highest BCUT2D eigenvalue weighted by molar-refractivity contribution is 5.15. The van der Waals surface area contributed by atoms with Crippen LogP contribution in [-0.2, 0) is 14.2 Å². The van der Waals surface area contributed by atoms with Crippen molar-refractivity contribution in [3.8, 4) is 0 Å². The van der Waals surface area contributed by atoms with Crippen molar-refractivity contribution in [3.63, 3.8) is 0 Å². The first kappa shape index (κ1) is 41.5. The molecular formula is C43H83N3O3. The van der Waals surface area contributed by atoms with Crippen LogP contribution in [0.15, 0.2) is 0 Å². The van der Waals surface area contributed by atoms with Crippen LogP contribution in [0.4, 0.5) is 0 Å². The molecule has 0 aromatic heterocycles. The average molecular weight is 690 g/mol. The monoisotopic (exact) mass is 690 g/mol. The molecular weight excluding hydrogens is 606 g/mol. The van der Waals surface area contributed by atoms with E-state index in [4.69, 9.17) is 25.7 Å². The van der Waals surface area contributed by atoms with Crippen LogP contribution in [0.5, 0.6) is 0 Å². The lowest BCUT2D eigenvalue weighted by atomic mass is 9.43. The van der Waals surface area contributed by atoms with Crippen LogP contribution in [0.2, 0.25) is 0 Å². The third-order valence-electron chi connectivity index (χ3n) is 14.7. The predicted molar refractivity (Wildman–Crippen MR) is 207 cm³/mol. The van der Waals surface area contributed by atoms with Gasteiger partial charge in [-0.3, -0.25) is 0 Å². The Labute approximate surface area is 304 Å². The van der Waals surface area contributed by atoms with Gasteiger partial charge in [0.05, 0.1) is 18.3 Å². The number of fused-ring (bicyclic) bond motifs is 5. The van der Waals surface area contributed by atoms with Crippen molar-refractivity contribution in [2.75, 3.05) is 52.5 Å². The van der Waals surface area contributed by atoms with Crippen molar-refractivity contribution >= 4 is 0 Å². The molecule has 0 saturated heterocycles. The van der Waals surface area contributed by atoms with Gasteiger partial charge in [-0.05, 0) is 164 Å². The fraction of sp³-hybridized carbons (Fsp3) is 1.00. The minimum Gasteiger partial charge on any atom is -0.378 e. The van der Waals surface area contributed by atoms with Gasteiger partial charge in [0.2, 0.25) is 0 Å². The average Bonchev–Trinajstić information content (AvgIpc) is 3.45. The van der Waals surface area contributed by atoms with E-state index in [1.54, 1.807) is 0 Å². The second-order valence-corrected chi connectivity index (χ2v) is 17.7. The number of hydrogen-bond donors (Lipinski definition) is 2. The topological polar surface area (TPSA) is 83.0 Å². The van der Waals surface area contributed by atoms with E-state index in [-0.39, 0.29) is 5.41 Å². The largest absolute Gasteiger partial charge is 0.378 e. The van der Waals surface area contributed by atoms with Gasteiger partial charge in [-0.15, -0.1) is 0 Å². The molecule has 4 aliphatic carbocycles. The summed E-state index contributed by atoms with van der Waals surface area (Å²) in [5.41, 5.74) is 12.4. The molecule has 49 heavy (non-hydrogen) atoms. The maximum absolute atomic E-state index is 7.09. The molecule has 0 bridgehead atoms. The second kappa shape index (κ2) is 20.9. The third-order valence-corrected chi connectivity index (χ3v) is 14.7. The van der Waals surface area contributed by atoms with E-state index in [1.807, 2.05) is 0 Å². The van der Waals surface area contributed by atoms with Crippen LogP contribution < -0.4 is 11.5 Å². The first-order chi connectivity index (χ1) is 23.8. The summed E-state index contributed by atoms with van der Waals surface area (Å²) < 4.78 is 20.6. The first-order valence-corrected chi connectivity index (χ1v) is 21.7. The van der Waals surface area contributed by atoms with Crippen molar-refractivity contribution in [3.05, 3.63) is 0 Å². The molecule has 0 aromatic rings. The Bertz CT molecular complexity index is 906. The van der Waals surface area contributed by atoms with Crippen LogP contribution in [0, 0.1) is 46.3 Å². The SMILES string of the molecule is CCCCCN(CCCC)CCC[C@@H](C)[C@H]1CC[C@H]2[C@@H]3[C@H](OCCCC)C[C@@H]4C[C@H](OCCCN)CC[C@]4(C)[C@H]3C[C@H](OCCCN)[C@]12C. The highest BCUT2D eigenvalue weighted by atomic mass is 16.5. The normalized spacial score (nSPS) is 36.4. The van der Waals surface area contributed by atoms with E-state index in [2.05, 4.69) is 46.4 Å². The molecule has 4 aliphatic rings. The summed E-state index contributed by atoms with van der Waals surface area (Å²) in [7, 11) is 0. The summed E-state index contributed by atoms with van der Waals surface area (Å²) in [5, 5.41) is 0. The zero-order valence-electron chi connectivity index (χ0n) is 33.4. The molecule has 0 spiro atoms. The molecule has 11 atom stereocenters. The number of ether oxygens (including phenoxy) is 3. The Kier molecular flexibility index (Phi) is 17.7. The molecule has 0 heterocycles. The first-order valence-electron chi connectivity index (χ1n) is 21.7. The van der Waals surface area contributed by atoms with Crippen LogP contribution in [-0.4, -0.2) is 75.8 Å². The van der Waals surface area contributed by atoms with Crippen LogP contribution in [0.3, 0.4) is 0 Å². The van der Waals surface area contributed by atoms with E-state index >= 15 is 0 Å². The number of nitrogens with two attached hydrogens (primary N) is 2. The van der Waals surface area contributed by atoms with Gasteiger partial charge in [0.1, 0.15) is 0 Å². The lowest BCUT2D eigenvalue weighted by Gasteiger charge is -2.65. The molecule has 4 N–H and O–H groups in total. The Morgan fingerprint density at radius 1 is 0.694 bits per heavy atom. The van der Waals surface area contributed by atoms with Crippen LogP contribution >= 0.6 is 0 Å². The van der Waals surface area contributed by atoms with Gasteiger partial charge in [0.25, 0.3) is 0 Å². The van der Waals surface area contributed by atoms with Gasteiger partial charge in [0.15, 0.2) is 0 Å². The second-order valence-electron chi connectivity index (χ2n) is 17.7. The Hall–Kier alpha value is -0.240. The summed E-state index contributed by atoms with van der Waals surface area (Å²) in [5.74, 6) is 4.10. The zero-order chi connectivity index (χ0) is 35.3. The van der Waals surface area contributed by atoms with Gasteiger partial charge in [0, 0.05) is 25.2 Å². The van der Waals surface area contributed by atoms with Crippen LogP contribution in [0.1, 0.15) is 157 Å². The van der Waals surface area contributed by atoms with E-state index in [0.29, 0.717) is 60.5 Å². The summed E-state index contributed by atoms with van der Waals surface area (Å²) in [6.07, 6.45) is 23.5. The van der Waals surface area contributed by atoms with Gasteiger partial charge in [-0.25, -0.2) is 0 Å². The van der Waals surface area contributed by atoms with Crippen molar-refractivity contribution < 1.29 is 14.2 Å². The summed E-state index contributed by atoms with van der Waals surface area (Å²) in [6, 6.07) is 0. The van der Waals surface area contributed by atoms with Crippen molar-refractivity contribution in [2.45, 2.75) is 175 Å². The number of nitrogens with zero attached hydrogens (tertiary/aromatic N) is 1. The highest BCUT2D eigenvalue weighted by Crippen LogP contribution is 2.69. The predicted octanol–water partition coefficient (Wildman–Crippen LogP) is 9.23. The lowest BCUT2D eigenvalue weighted by molar-refractivity contribution is -0.227. The molecule has 6 heteroatoms. The molecule has 0 aromatic carbocycles. The van der Waals surface area contributed by atoms with Gasteiger partial charge < -0.3 is 30.6 Å². The molecule has 6 nitrogen and oxygen atoms in total. The summed E-state index contributed by atoms with van der Waals surface area (Å²) >= 11 is 0. The number of rotatable bonds is 24. The minimum atomic E-state index is 0.205. The maximum atomic E-state index is 7.09. The number of unbranched alkanes of at least 4 members (excludes halogenated alkanes) is 4. The molecule has 4 rings (SSSR count). The standard InChI is InChI=1S/C43H83N3O3/c1-7-10-13-25-46(24-11-8-2)26-14-17-33(4)36-18-19-37-41-38(32-40(43(36,37)6)49-29-16-23-45)42(5)21-20-35(47-28-15-22-44)30-34(42)31-39(41)48-27-12-9-3/h33-41H,7-32,44-45H2,1-6H3/t33-,34+,35-,36-,37+,38+,39-,40+,41+,42+,43-/m1/s1. The Morgan fingerprint density at radius 2 is 1.37 bits per heavy atom. The fourth-order valence-electron chi connectivity index (χ4n) is 11.8. The minimum absolute atomic E-state index is 0.205. The Morgan fingerprint density at radius 3 is 2.08 bits per heavy atom. The lowest BCUT2D eigenvalue weighted by Crippen LogP contribution is -2.63. The maximum Gasteiger partial charge on any atom is 0.0637 e. The van der Waals surface area contributed by atoms with Crippen molar-refractivity contribution in [2.24, 2.45) is 57.8 Å². The van der Waals surface area contributed by atoms with Gasteiger partial charge in [-0.2, -0.15) is 0 Å². The molecule has 0 amide bonds. The summed E-state index contributed by atoms with van der Waals surface area (Å²) in [6.45, 7) is 22.7. The quantitative estimate of drug-likeness (QED) is 0.0984. The Balaban J connectivity index is 1.54. The molecule has 288 valence electrons. The molecule has 4 saturated carbocycles. The van der Waals surface area contributed by atoms with E-state index in [9.17, 15) is 0 Å². The number of hydrogen-bond acceptors (Lipinski definition) is 6. The molecule has 0 aliphatic heterocycles. The van der Waals surface area contributed by atoms with E-state index in [0.717, 1.165) is 44.5 Å². The van der Waals surface area contributed by atoms with Gasteiger partial charge in [-0.1, -0.05) is 67.2 Å². The van der Waals surface area contributed by atoms with E-state index < -0.39 is 0 Å². The summed E-state index contributed by atoms with van der Waals surface area (Å²) in [4.78, 5) is 2.78. The van der Waals surface area contributed by atoms with E-state index in [1.165, 1.54) is 122 Å². The third kappa shape index (κ3) is 10.3. The van der Waals surface area contributed by atoms with Crippen molar-refractivity contribution in [1.82, 2.24) is 4.90 Å². The highest BCUT2D eigenvalue weighted by Gasteiger charge is 2.66. The molecule has 0 radical (unpaired) electrons. The molecule has 4 fully saturated rings. The zero-order valence-corrected chi connectivity index (χ0v) is 33.4. The van der Waals surface area contributed by atoms with Crippen LogP contribution in [0.25, 0.3) is 0 Å². The van der Waals surface area contributed by atoms with Gasteiger partial charge >= 0.3 is 0 Å². The van der Waals surface area contributed by atoms with Crippen molar-refractivity contribution in [1.29, 1.82) is 0 Å². The molecule has 0 unspecified atom stereocenters.